The van der Waals surface area contributed by atoms with Gasteiger partial charge in [0, 0.05) is 0 Å². The van der Waals surface area contributed by atoms with Gasteiger partial charge in [0.05, 0.1) is 0 Å². The van der Waals surface area contributed by atoms with Crippen molar-refractivity contribution in [3.8, 4) is 0 Å². The first-order valence-corrected chi connectivity index (χ1v) is 3.94. The molecule has 8 nitrogen and oxygen atoms in total. The van der Waals surface area contributed by atoms with Gasteiger partial charge in [-0.05, 0) is 0 Å². The van der Waals surface area contributed by atoms with Gasteiger partial charge < -0.3 is 21.9 Å². The molecule has 0 rings (SSSR count). The summed E-state index contributed by atoms with van der Waals surface area (Å²) in [6.45, 7) is 0. The molecule has 8 N–H and O–H groups in total. The van der Waals surface area contributed by atoms with Crippen LogP contribution >= 0.6 is 0 Å². The summed E-state index contributed by atoms with van der Waals surface area (Å²) in [6.07, 6.45) is 0. The molecule has 11 heavy (non-hydrogen) atoms. The maximum absolute atomic E-state index is 8.63. The van der Waals surface area contributed by atoms with Gasteiger partial charge in [-0.3, -0.25) is 0 Å². The molecule has 0 atom stereocenters. The van der Waals surface area contributed by atoms with Crippen LogP contribution in [0.25, 0.3) is 0 Å². The van der Waals surface area contributed by atoms with E-state index >= 15 is 0 Å². The molecule has 64 valence electrons. The maximum atomic E-state index is 8.63. The SMILES string of the molecule is O.O.O.O.[Na+].[Na+].[O]=[Mo](=[O])([O-])[O-]. The predicted octanol–water partition coefficient (Wildman–Crippen LogP) is -11.9. The molecule has 0 fully saturated rings. The summed E-state index contributed by atoms with van der Waals surface area (Å²) in [7, 11) is 0. The Morgan fingerprint density at radius 3 is 0.727 bits per heavy atom. The molecule has 0 heterocycles. The molecule has 0 spiro atoms. The molecule has 0 aliphatic heterocycles. The van der Waals surface area contributed by atoms with Crippen LogP contribution in [-0.4, -0.2) is 21.9 Å². The third-order valence-electron chi connectivity index (χ3n) is 0. The minimum absolute atomic E-state index is 0. The number of hydrogen-bond donors (Lipinski definition) is 0. The van der Waals surface area contributed by atoms with Gasteiger partial charge in [0.2, 0.25) is 0 Å². The van der Waals surface area contributed by atoms with Crippen molar-refractivity contribution >= 4 is 0 Å². The van der Waals surface area contributed by atoms with Crippen LogP contribution in [0.2, 0.25) is 0 Å². The van der Waals surface area contributed by atoms with Crippen LogP contribution in [0.1, 0.15) is 0 Å². The van der Waals surface area contributed by atoms with E-state index in [1.165, 1.54) is 0 Å². The van der Waals surface area contributed by atoms with Gasteiger partial charge in [-0.15, -0.1) is 0 Å². The van der Waals surface area contributed by atoms with Gasteiger partial charge in [-0.1, -0.05) is 0 Å². The monoisotopic (exact) mass is 280 g/mol. The first-order chi connectivity index (χ1) is 2.00. The second kappa shape index (κ2) is 22.7. The standard InChI is InChI=1S/Mo.2Na.4H2O.4O/h;;;4*1H2;;;;/q;2*+1;;;;;;;2*-1. The van der Waals surface area contributed by atoms with E-state index in [0.717, 1.165) is 0 Å². The van der Waals surface area contributed by atoms with E-state index in [9.17, 15) is 0 Å². The molecule has 0 bridgehead atoms. The molecule has 0 aromatic rings. The van der Waals surface area contributed by atoms with Crippen molar-refractivity contribution in [3.05, 3.63) is 0 Å². The van der Waals surface area contributed by atoms with Crippen molar-refractivity contribution in [1.29, 1.82) is 0 Å². The van der Waals surface area contributed by atoms with Gasteiger partial charge in [0.15, 0.2) is 0 Å². The third-order valence-corrected chi connectivity index (χ3v) is 0. The van der Waals surface area contributed by atoms with Crippen LogP contribution in [0.5, 0.6) is 0 Å². The fourth-order valence-corrected chi connectivity index (χ4v) is 0. The summed E-state index contributed by atoms with van der Waals surface area (Å²) in [5, 5.41) is 0. The van der Waals surface area contributed by atoms with Gasteiger partial charge in [0.25, 0.3) is 0 Å². The Labute approximate surface area is 111 Å². The fourth-order valence-electron chi connectivity index (χ4n) is 0. The van der Waals surface area contributed by atoms with Crippen molar-refractivity contribution in [2.45, 2.75) is 0 Å². The summed E-state index contributed by atoms with van der Waals surface area (Å²) in [5.74, 6) is 0. The molecule has 0 radical (unpaired) electrons. The quantitative estimate of drug-likeness (QED) is 0.395. The Morgan fingerprint density at radius 1 is 0.727 bits per heavy atom. The van der Waals surface area contributed by atoms with Crippen LogP contribution in [0.4, 0.5) is 0 Å². The molecular weight excluding hydrogens is 270 g/mol. The Balaban J connectivity index is -0.00000000533. The summed E-state index contributed by atoms with van der Waals surface area (Å²) >= 11 is -6.02. The average molecular weight is 278 g/mol. The van der Waals surface area contributed by atoms with Crippen molar-refractivity contribution < 1.29 is 112 Å². The van der Waals surface area contributed by atoms with Gasteiger partial charge in [-0.2, -0.15) is 0 Å². The molecule has 11 heteroatoms. The van der Waals surface area contributed by atoms with Crippen molar-refractivity contribution in [3.63, 3.8) is 0 Å². The van der Waals surface area contributed by atoms with E-state index < -0.39 is 16.7 Å². The van der Waals surface area contributed by atoms with Crippen molar-refractivity contribution in [2.75, 3.05) is 0 Å². The summed E-state index contributed by atoms with van der Waals surface area (Å²) in [5.41, 5.74) is 0. The van der Waals surface area contributed by atoms with Crippen molar-refractivity contribution in [1.82, 2.24) is 0 Å². The second-order valence-electron chi connectivity index (χ2n) is 0.408. The Hall–Kier alpha value is 2.05. The van der Waals surface area contributed by atoms with Crippen LogP contribution in [0, 0.1) is 0 Å². The van der Waals surface area contributed by atoms with Crippen molar-refractivity contribution in [2.24, 2.45) is 0 Å². The van der Waals surface area contributed by atoms with E-state index in [4.69, 9.17) is 14.3 Å². The normalized spacial score (nSPS) is 5.27. The Morgan fingerprint density at radius 2 is 0.727 bits per heavy atom. The summed E-state index contributed by atoms with van der Waals surface area (Å²) < 4.78 is 34.5. The van der Waals surface area contributed by atoms with Crippen LogP contribution in [0.15, 0.2) is 0 Å². The topological polar surface area (TPSA) is 206 Å². The average Bonchev–Trinajstić information content (AvgIpc) is 0.722. The molecular formula is H8MoNa2O8. The van der Waals surface area contributed by atoms with E-state index in [1.807, 2.05) is 0 Å². The van der Waals surface area contributed by atoms with E-state index in [-0.39, 0.29) is 81.0 Å². The molecule has 0 saturated carbocycles. The zero-order chi connectivity index (χ0) is 4.50. The zero-order valence-corrected chi connectivity index (χ0v) is 12.0. The molecule has 0 aromatic carbocycles. The summed E-state index contributed by atoms with van der Waals surface area (Å²) in [6, 6.07) is 0. The van der Waals surface area contributed by atoms with Gasteiger partial charge in [-0.25, -0.2) is 0 Å². The van der Waals surface area contributed by atoms with Crippen LogP contribution in [0.3, 0.4) is 0 Å². The molecule has 0 aliphatic rings. The Kier molecular flexibility index (Phi) is 107. The van der Waals surface area contributed by atoms with Gasteiger partial charge in [0.1, 0.15) is 0 Å². The zero-order valence-electron chi connectivity index (χ0n) is 6.04. The minimum atomic E-state index is -6.02. The third kappa shape index (κ3) is 290. The van der Waals surface area contributed by atoms with Crippen LogP contribution < -0.4 is 66.6 Å². The predicted molar refractivity (Wildman–Crippen MR) is 15.8 cm³/mol. The second-order valence-corrected chi connectivity index (χ2v) is 2.42. The number of rotatable bonds is 0. The molecule has 0 amide bonds. The molecule has 0 aliphatic carbocycles. The first kappa shape index (κ1) is 51.8. The van der Waals surface area contributed by atoms with Crippen LogP contribution in [-0.2, 0) is 23.5 Å². The van der Waals surface area contributed by atoms with E-state index in [1.54, 1.807) is 0 Å². The summed E-state index contributed by atoms with van der Waals surface area (Å²) in [4.78, 5) is 0. The first-order valence-electron chi connectivity index (χ1n) is 0.667. The van der Waals surface area contributed by atoms with Gasteiger partial charge >= 0.3 is 90.2 Å². The molecule has 0 aromatic heterocycles. The molecule has 0 saturated heterocycles. The van der Waals surface area contributed by atoms with E-state index in [0.29, 0.717) is 0 Å². The number of hydrogen-bond acceptors (Lipinski definition) is 4. The fraction of sp³-hybridized carbons (Fsp3) is 0. The van der Waals surface area contributed by atoms with E-state index in [2.05, 4.69) is 0 Å². The molecule has 0 unspecified atom stereocenters. The Bertz CT molecular complexity index is 95.3.